The molecule has 0 saturated heterocycles. The van der Waals surface area contributed by atoms with Gasteiger partial charge in [0.25, 0.3) is 0 Å². The van der Waals surface area contributed by atoms with Gasteiger partial charge < -0.3 is 9.47 Å². The molecule has 0 aromatic rings. The molecule has 0 saturated carbocycles. The maximum absolute atomic E-state index is 5.55. The van der Waals surface area contributed by atoms with Gasteiger partial charge in [0.05, 0.1) is 13.2 Å². The van der Waals surface area contributed by atoms with Gasteiger partial charge in [0.1, 0.15) is 0 Å². The molecular weight excluding hydrogens is 272 g/mol. The van der Waals surface area contributed by atoms with Crippen LogP contribution in [0.5, 0.6) is 0 Å². The fourth-order valence-corrected chi connectivity index (χ4v) is 1.99. The summed E-state index contributed by atoms with van der Waals surface area (Å²) < 4.78 is 11.1. The Hall–Kier alpha value is -1.12. The third-order valence-corrected chi connectivity index (χ3v) is 3.52. The van der Waals surface area contributed by atoms with Crippen LogP contribution < -0.4 is 0 Å². The smallest absolute Gasteiger partial charge is 0.0700 e. The molecule has 0 heterocycles. The summed E-state index contributed by atoms with van der Waals surface area (Å²) in [6, 6.07) is 0. The minimum atomic E-state index is 0.701. The number of ether oxygens (including phenoxy) is 2. The van der Waals surface area contributed by atoms with Gasteiger partial charge in [0.15, 0.2) is 0 Å². The molecule has 0 N–H and O–H groups in total. The number of rotatable bonds is 17. The molecule has 0 unspecified atom stereocenters. The van der Waals surface area contributed by atoms with E-state index in [9.17, 15) is 0 Å². The SMILES string of the molecule is C=CC(=C)CCCCCOCCOCCCCCC(=C)C=C. The zero-order valence-corrected chi connectivity index (χ0v) is 14.3. The summed E-state index contributed by atoms with van der Waals surface area (Å²) in [6.45, 7) is 18.3. The van der Waals surface area contributed by atoms with Crippen molar-refractivity contribution in [2.75, 3.05) is 26.4 Å². The van der Waals surface area contributed by atoms with Gasteiger partial charge in [0.2, 0.25) is 0 Å². The van der Waals surface area contributed by atoms with Crippen LogP contribution in [0.2, 0.25) is 0 Å². The fourth-order valence-electron chi connectivity index (χ4n) is 1.99. The molecule has 0 rings (SSSR count). The Morgan fingerprint density at radius 1 is 0.591 bits per heavy atom. The third kappa shape index (κ3) is 15.3. The molecule has 0 radical (unpaired) electrons. The summed E-state index contributed by atoms with van der Waals surface area (Å²) in [7, 11) is 0. The van der Waals surface area contributed by atoms with Crippen molar-refractivity contribution in [3.63, 3.8) is 0 Å². The Morgan fingerprint density at radius 3 is 1.36 bits per heavy atom. The molecule has 0 spiro atoms. The van der Waals surface area contributed by atoms with Crippen molar-refractivity contribution in [2.45, 2.75) is 51.4 Å². The van der Waals surface area contributed by atoms with Crippen LogP contribution in [0.15, 0.2) is 49.6 Å². The average Bonchev–Trinajstić information content (AvgIpc) is 2.54. The molecule has 0 aliphatic carbocycles. The first-order valence-electron chi connectivity index (χ1n) is 8.46. The molecule has 0 aliphatic rings. The molecule has 0 aromatic heterocycles. The van der Waals surface area contributed by atoms with Crippen molar-refractivity contribution in [2.24, 2.45) is 0 Å². The van der Waals surface area contributed by atoms with E-state index in [1.807, 2.05) is 12.2 Å². The lowest BCUT2D eigenvalue weighted by Gasteiger charge is -2.06. The lowest BCUT2D eigenvalue weighted by molar-refractivity contribution is 0.0449. The maximum atomic E-state index is 5.55. The first kappa shape index (κ1) is 20.9. The predicted molar refractivity (Wildman–Crippen MR) is 97.2 cm³/mol. The second-order valence-electron chi connectivity index (χ2n) is 5.57. The van der Waals surface area contributed by atoms with E-state index in [1.165, 1.54) is 25.7 Å². The quantitative estimate of drug-likeness (QED) is 0.256. The summed E-state index contributed by atoms with van der Waals surface area (Å²) >= 11 is 0. The second kappa shape index (κ2) is 16.3. The van der Waals surface area contributed by atoms with E-state index in [2.05, 4.69) is 26.3 Å². The lowest BCUT2D eigenvalue weighted by atomic mass is 10.1. The van der Waals surface area contributed by atoms with E-state index < -0.39 is 0 Å². The monoisotopic (exact) mass is 306 g/mol. The summed E-state index contributed by atoms with van der Waals surface area (Å²) in [5.74, 6) is 0. The number of allylic oxidation sites excluding steroid dienone is 4. The third-order valence-electron chi connectivity index (χ3n) is 3.52. The van der Waals surface area contributed by atoms with Crippen molar-refractivity contribution < 1.29 is 9.47 Å². The van der Waals surface area contributed by atoms with Crippen LogP contribution in [0, 0.1) is 0 Å². The summed E-state index contributed by atoms with van der Waals surface area (Å²) in [5.41, 5.74) is 2.26. The van der Waals surface area contributed by atoms with Crippen LogP contribution in [0.4, 0.5) is 0 Å². The van der Waals surface area contributed by atoms with E-state index in [1.54, 1.807) is 0 Å². The summed E-state index contributed by atoms with van der Waals surface area (Å²) in [5, 5.41) is 0. The van der Waals surface area contributed by atoms with Crippen LogP contribution in [0.1, 0.15) is 51.4 Å². The van der Waals surface area contributed by atoms with Gasteiger partial charge in [-0.3, -0.25) is 0 Å². The summed E-state index contributed by atoms with van der Waals surface area (Å²) in [4.78, 5) is 0. The van der Waals surface area contributed by atoms with Crippen molar-refractivity contribution in [3.8, 4) is 0 Å². The molecule has 0 atom stereocenters. The van der Waals surface area contributed by atoms with Gasteiger partial charge >= 0.3 is 0 Å². The van der Waals surface area contributed by atoms with Crippen molar-refractivity contribution in [1.29, 1.82) is 0 Å². The Bertz CT molecular complexity index is 286. The molecule has 22 heavy (non-hydrogen) atoms. The number of unbranched alkanes of at least 4 members (excludes halogenated alkanes) is 4. The van der Waals surface area contributed by atoms with Gasteiger partial charge in [-0.15, -0.1) is 0 Å². The molecule has 0 aromatic carbocycles. The van der Waals surface area contributed by atoms with Gasteiger partial charge in [0, 0.05) is 13.2 Å². The van der Waals surface area contributed by atoms with Crippen LogP contribution >= 0.6 is 0 Å². The highest BCUT2D eigenvalue weighted by molar-refractivity contribution is 5.10. The van der Waals surface area contributed by atoms with Gasteiger partial charge in [-0.05, 0) is 38.5 Å². The summed E-state index contributed by atoms with van der Waals surface area (Å²) in [6.07, 6.45) is 12.7. The Morgan fingerprint density at radius 2 is 1.00 bits per heavy atom. The zero-order chi connectivity index (χ0) is 16.5. The van der Waals surface area contributed by atoms with Crippen LogP contribution in [-0.4, -0.2) is 26.4 Å². The molecule has 0 amide bonds. The maximum Gasteiger partial charge on any atom is 0.0700 e. The number of hydrogen-bond donors (Lipinski definition) is 0. The molecular formula is C20H34O2. The fraction of sp³-hybridized carbons (Fsp3) is 0.600. The largest absolute Gasteiger partial charge is 0.379 e. The molecule has 0 aliphatic heterocycles. The van der Waals surface area contributed by atoms with E-state index in [-0.39, 0.29) is 0 Å². The standard InChI is InChI=1S/C20H34O2/c1-5-19(3)13-9-7-11-15-21-17-18-22-16-12-8-10-14-20(4)6-2/h5-6H,1-4,7-18H2. The lowest BCUT2D eigenvalue weighted by Crippen LogP contribution is -2.06. The molecule has 0 fully saturated rings. The van der Waals surface area contributed by atoms with Crippen LogP contribution in [0.25, 0.3) is 0 Å². The predicted octanol–water partition coefficient (Wildman–Crippen LogP) is 5.62. The highest BCUT2D eigenvalue weighted by Gasteiger charge is 1.94. The van der Waals surface area contributed by atoms with Gasteiger partial charge in [-0.1, -0.05) is 62.5 Å². The van der Waals surface area contributed by atoms with E-state index >= 15 is 0 Å². The molecule has 126 valence electrons. The van der Waals surface area contributed by atoms with Crippen molar-refractivity contribution >= 4 is 0 Å². The zero-order valence-electron chi connectivity index (χ0n) is 14.3. The molecule has 0 bridgehead atoms. The minimum Gasteiger partial charge on any atom is -0.379 e. The number of hydrogen-bond acceptors (Lipinski definition) is 2. The topological polar surface area (TPSA) is 18.5 Å². The first-order valence-corrected chi connectivity index (χ1v) is 8.46. The minimum absolute atomic E-state index is 0.701. The van der Waals surface area contributed by atoms with Crippen LogP contribution in [0.3, 0.4) is 0 Å². The molecule has 2 heteroatoms. The first-order chi connectivity index (χ1) is 10.7. The normalized spacial score (nSPS) is 10.4. The van der Waals surface area contributed by atoms with Crippen molar-refractivity contribution in [3.05, 3.63) is 49.6 Å². The van der Waals surface area contributed by atoms with E-state index in [0.29, 0.717) is 13.2 Å². The second-order valence-corrected chi connectivity index (χ2v) is 5.57. The Balaban J connectivity index is 3.08. The van der Waals surface area contributed by atoms with Gasteiger partial charge in [-0.25, -0.2) is 0 Å². The highest BCUT2D eigenvalue weighted by atomic mass is 16.5. The molecule has 2 nitrogen and oxygen atoms in total. The van der Waals surface area contributed by atoms with Crippen LogP contribution in [-0.2, 0) is 9.47 Å². The average molecular weight is 306 g/mol. The Kier molecular flexibility index (Phi) is 15.4. The van der Waals surface area contributed by atoms with Gasteiger partial charge in [-0.2, -0.15) is 0 Å². The van der Waals surface area contributed by atoms with E-state index in [0.717, 1.165) is 50.0 Å². The van der Waals surface area contributed by atoms with E-state index in [4.69, 9.17) is 9.47 Å². The van der Waals surface area contributed by atoms with Crippen molar-refractivity contribution in [1.82, 2.24) is 0 Å². The Labute approximate surface area is 137 Å². The highest BCUT2D eigenvalue weighted by Crippen LogP contribution is 2.08.